The third-order valence-corrected chi connectivity index (χ3v) is 6.37. The first-order valence-electron chi connectivity index (χ1n) is 11.1. The van der Waals surface area contributed by atoms with Crippen molar-refractivity contribution < 1.29 is 9.53 Å². The lowest BCUT2D eigenvalue weighted by atomic mass is 9.89. The normalized spacial score (nSPS) is 15.8. The van der Waals surface area contributed by atoms with Crippen molar-refractivity contribution in [3.8, 4) is 17.0 Å². The molecule has 2 N–H and O–H groups in total. The molecule has 0 saturated carbocycles. The zero-order valence-corrected chi connectivity index (χ0v) is 17.9. The van der Waals surface area contributed by atoms with Crippen LogP contribution in [-0.4, -0.2) is 41.2 Å². The number of aromatic nitrogens is 2. The van der Waals surface area contributed by atoms with Gasteiger partial charge in [0.1, 0.15) is 11.4 Å². The van der Waals surface area contributed by atoms with Gasteiger partial charge in [-0.2, -0.15) is 5.10 Å². The van der Waals surface area contributed by atoms with Crippen LogP contribution in [0.1, 0.15) is 46.4 Å². The first kappa shape index (κ1) is 19.8. The third-order valence-electron chi connectivity index (χ3n) is 6.37. The Balaban J connectivity index is 1.29. The van der Waals surface area contributed by atoms with Gasteiger partial charge in [0.25, 0.3) is 5.91 Å². The van der Waals surface area contributed by atoms with E-state index in [4.69, 9.17) is 4.74 Å². The fourth-order valence-corrected chi connectivity index (χ4v) is 4.68. The minimum Gasteiger partial charge on any atom is -0.497 e. The highest BCUT2D eigenvalue weighted by atomic mass is 16.5. The van der Waals surface area contributed by atoms with Gasteiger partial charge in [-0.15, -0.1) is 0 Å². The quantitative estimate of drug-likeness (QED) is 0.646. The average Bonchev–Trinajstić information content (AvgIpc) is 3.25. The molecule has 6 heteroatoms. The summed E-state index contributed by atoms with van der Waals surface area (Å²) in [7, 11) is 1.67. The molecule has 5 rings (SSSR count). The Morgan fingerprint density at radius 3 is 2.68 bits per heavy atom. The number of likely N-dealkylation sites (tertiary alicyclic amines) is 1. The number of hydrogen-bond donors (Lipinski definition) is 2. The number of carbonyl (C=O) groups excluding carboxylic acids is 1. The summed E-state index contributed by atoms with van der Waals surface area (Å²) in [5.41, 5.74) is 6.76. The van der Waals surface area contributed by atoms with E-state index in [1.54, 1.807) is 7.11 Å². The Kier molecular flexibility index (Phi) is 5.47. The minimum absolute atomic E-state index is 0.144. The van der Waals surface area contributed by atoms with Crippen LogP contribution in [0.3, 0.4) is 0 Å². The maximum atomic E-state index is 13.0. The van der Waals surface area contributed by atoms with Crippen molar-refractivity contribution in [1.82, 2.24) is 15.1 Å². The Morgan fingerprint density at radius 2 is 1.90 bits per heavy atom. The monoisotopic (exact) mass is 416 g/mol. The maximum absolute atomic E-state index is 13.0. The van der Waals surface area contributed by atoms with E-state index in [1.165, 1.54) is 43.5 Å². The molecule has 1 fully saturated rings. The molecule has 1 aromatic heterocycles. The smallest absolute Gasteiger partial charge is 0.273 e. The number of piperidine rings is 1. The summed E-state index contributed by atoms with van der Waals surface area (Å²) in [6.07, 6.45) is 5.58. The molecule has 0 radical (unpaired) electrons. The number of aryl methyl sites for hydroxylation is 1. The number of carbonyl (C=O) groups is 1. The number of hydrogen-bond acceptors (Lipinski definition) is 4. The minimum atomic E-state index is -0.144. The largest absolute Gasteiger partial charge is 0.497 e. The highest BCUT2D eigenvalue weighted by Crippen LogP contribution is 2.35. The van der Waals surface area contributed by atoms with Crippen molar-refractivity contribution in [1.29, 1.82) is 0 Å². The van der Waals surface area contributed by atoms with Crippen molar-refractivity contribution in [3.63, 3.8) is 0 Å². The molecule has 1 amide bonds. The SMILES string of the molecule is COc1ccc2c(c1)CCc1c-2n[nH]c1C(=O)Nc1ccc(CN2CCCCC2)cc1. The fraction of sp³-hybridized carbons (Fsp3) is 0.360. The van der Waals surface area contributed by atoms with E-state index in [9.17, 15) is 4.79 Å². The van der Waals surface area contributed by atoms with Crippen molar-refractivity contribution in [2.45, 2.75) is 38.6 Å². The van der Waals surface area contributed by atoms with E-state index in [-0.39, 0.29) is 5.91 Å². The number of rotatable bonds is 5. The molecule has 6 nitrogen and oxygen atoms in total. The lowest BCUT2D eigenvalue weighted by Gasteiger charge is -2.26. The zero-order chi connectivity index (χ0) is 21.2. The second-order valence-corrected chi connectivity index (χ2v) is 8.44. The molecule has 1 aliphatic heterocycles. The summed E-state index contributed by atoms with van der Waals surface area (Å²) in [5.74, 6) is 0.703. The summed E-state index contributed by atoms with van der Waals surface area (Å²) >= 11 is 0. The summed E-state index contributed by atoms with van der Waals surface area (Å²) < 4.78 is 5.33. The second-order valence-electron chi connectivity index (χ2n) is 8.44. The van der Waals surface area contributed by atoms with Crippen molar-refractivity contribution in [3.05, 3.63) is 64.8 Å². The van der Waals surface area contributed by atoms with Gasteiger partial charge in [-0.1, -0.05) is 18.6 Å². The van der Waals surface area contributed by atoms with Gasteiger partial charge in [-0.3, -0.25) is 14.8 Å². The molecule has 0 spiro atoms. The molecule has 2 heterocycles. The van der Waals surface area contributed by atoms with Crippen LogP contribution in [0.25, 0.3) is 11.3 Å². The molecule has 31 heavy (non-hydrogen) atoms. The number of methoxy groups -OCH3 is 1. The Bertz CT molecular complexity index is 1080. The molecule has 0 unspecified atom stereocenters. The molecular weight excluding hydrogens is 388 g/mol. The maximum Gasteiger partial charge on any atom is 0.273 e. The average molecular weight is 417 g/mol. The molecule has 0 bridgehead atoms. The lowest BCUT2D eigenvalue weighted by molar-refractivity contribution is 0.102. The van der Waals surface area contributed by atoms with Gasteiger partial charge in [0.05, 0.1) is 12.8 Å². The van der Waals surface area contributed by atoms with Gasteiger partial charge in [0, 0.05) is 23.4 Å². The number of amides is 1. The van der Waals surface area contributed by atoms with Gasteiger partial charge in [-0.05, 0) is 80.2 Å². The molecule has 2 aromatic carbocycles. The van der Waals surface area contributed by atoms with Gasteiger partial charge in [0.15, 0.2) is 0 Å². The van der Waals surface area contributed by atoms with Gasteiger partial charge >= 0.3 is 0 Å². The molecule has 160 valence electrons. The second kappa shape index (κ2) is 8.55. The lowest BCUT2D eigenvalue weighted by Crippen LogP contribution is -2.29. The molecular formula is C25H28N4O2. The number of fused-ring (bicyclic) bond motifs is 3. The van der Waals surface area contributed by atoms with Crippen LogP contribution < -0.4 is 10.1 Å². The molecule has 2 aliphatic rings. The Morgan fingerprint density at radius 1 is 1.10 bits per heavy atom. The molecule has 1 saturated heterocycles. The topological polar surface area (TPSA) is 70.2 Å². The molecule has 3 aromatic rings. The highest BCUT2D eigenvalue weighted by molar-refractivity contribution is 6.05. The first-order valence-corrected chi connectivity index (χ1v) is 11.1. The van der Waals surface area contributed by atoms with Crippen LogP contribution in [0.5, 0.6) is 5.75 Å². The van der Waals surface area contributed by atoms with Crippen molar-refractivity contribution in [2.24, 2.45) is 0 Å². The Hall–Kier alpha value is -3.12. The number of nitrogens with zero attached hydrogens (tertiary/aromatic N) is 2. The number of nitrogens with one attached hydrogen (secondary N) is 2. The van der Waals surface area contributed by atoms with E-state index in [0.29, 0.717) is 5.69 Å². The van der Waals surface area contributed by atoms with Crippen LogP contribution in [0.4, 0.5) is 5.69 Å². The first-order chi connectivity index (χ1) is 15.2. The summed E-state index contributed by atoms with van der Waals surface area (Å²) in [6, 6.07) is 14.2. The van der Waals surface area contributed by atoms with Crippen LogP contribution in [0, 0.1) is 0 Å². The summed E-state index contributed by atoms with van der Waals surface area (Å²) in [6.45, 7) is 3.34. The number of H-pyrrole nitrogens is 1. The van der Waals surface area contributed by atoms with E-state index in [2.05, 4.69) is 38.6 Å². The van der Waals surface area contributed by atoms with Crippen LogP contribution >= 0.6 is 0 Å². The van der Waals surface area contributed by atoms with E-state index in [0.717, 1.165) is 47.6 Å². The van der Waals surface area contributed by atoms with Crippen molar-refractivity contribution >= 4 is 11.6 Å². The number of benzene rings is 2. The Labute approximate surface area is 182 Å². The predicted octanol–water partition coefficient (Wildman–Crippen LogP) is 4.42. The van der Waals surface area contributed by atoms with Crippen LogP contribution in [0.2, 0.25) is 0 Å². The number of anilines is 1. The fourth-order valence-electron chi connectivity index (χ4n) is 4.68. The van der Waals surface area contributed by atoms with Crippen LogP contribution in [-0.2, 0) is 19.4 Å². The van der Waals surface area contributed by atoms with E-state index < -0.39 is 0 Å². The number of aromatic amines is 1. The number of ether oxygens (including phenoxy) is 1. The zero-order valence-electron chi connectivity index (χ0n) is 17.9. The van der Waals surface area contributed by atoms with Crippen molar-refractivity contribution in [2.75, 3.05) is 25.5 Å². The van der Waals surface area contributed by atoms with Gasteiger partial charge < -0.3 is 10.1 Å². The van der Waals surface area contributed by atoms with E-state index in [1.807, 2.05) is 24.3 Å². The predicted molar refractivity (Wildman–Crippen MR) is 122 cm³/mol. The molecule has 0 atom stereocenters. The van der Waals surface area contributed by atoms with E-state index >= 15 is 0 Å². The molecule has 1 aliphatic carbocycles. The third kappa shape index (κ3) is 4.08. The highest BCUT2D eigenvalue weighted by Gasteiger charge is 2.25. The summed E-state index contributed by atoms with van der Waals surface area (Å²) in [5, 5.41) is 10.5. The van der Waals surface area contributed by atoms with Gasteiger partial charge in [-0.25, -0.2) is 0 Å². The standard InChI is InChI=1S/C25H28N4O2/c1-31-20-10-12-21-18(15-20)7-11-22-23(21)27-28-24(22)25(30)26-19-8-5-17(6-9-19)16-29-13-3-2-4-14-29/h5-6,8-10,12,15H,2-4,7,11,13-14,16H2,1H3,(H,26,30)(H,27,28). The van der Waals surface area contributed by atoms with Crippen LogP contribution in [0.15, 0.2) is 42.5 Å². The summed E-state index contributed by atoms with van der Waals surface area (Å²) in [4.78, 5) is 15.5. The van der Waals surface area contributed by atoms with Gasteiger partial charge in [0.2, 0.25) is 0 Å².